The Bertz CT molecular complexity index is 820. The first-order chi connectivity index (χ1) is 13.1. The molecule has 170 valence electrons. The number of halogens is 2. The van der Waals surface area contributed by atoms with Gasteiger partial charge >= 0.3 is 25.8 Å². The van der Waals surface area contributed by atoms with Crippen LogP contribution in [0.4, 0.5) is 0 Å². The van der Waals surface area contributed by atoms with E-state index in [1.807, 2.05) is 0 Å². The molecule has 3 rings (SSSR count). The van der Waals surface area contributed by atoms with Gasteiger partial charge in [0.05, 0.1) is 0 Å². The second-order valence-corrected chi connectivity index (χ2v) is 12.0. The number of benzene rings is 1. The molecule has 1 aliphatic carbocycles. The van der Waals surface area contributed by atoms with Crippen LogP contribution in [0.2, 0.25) is 0 Å². The van der Waals surface area contributed by atoms with Crippen molar-refractivity contribution in [2.24, 2.45) is 5.41 Å². The van der Waals surface area contributed by atoms with Gasteiger partial charge in [-0.1, -0.05) is 74.8 Å². The van der Waals surface area contributed by atoms with Crippen LogP contribution in [0, 0.1) is 11.5 Å². The first-order valence-electron chi connectivity index (χ1n) is 10.9. The first kappa shape index (κ1) is 33.4. The van der Waals surface area contributed by atoms with Gasteiger partial charge in [-0.25, -0.2) is 5.57 Å². The smallest absolute Gasteiger partial charge is 1.00 e. The average Bonchev–Trinajstić information content (AvgIpc) is 3.16. The fourth-order valence-electron chi connectivity index (χ4n) is 4.03. The SMILES string of the molecule is CC1=[C-]C(C)(C)C(C)=C1C.CCC(C)P(c1cc2ccccc2[cH-]1)C(C)CC.[Cl-].[Cl-].[Hf+4]. The molecule has 0 spiro atoms. The van der Waals surface area contributed by atoms with E-state index >= 15 is 0 Å². The molecule has 0 aromatic heterocycles. The minimum Gasteiger partial charge on any atom is -1.00 e. The number of fused-ring (bicyclic) bond motifs is 1. The molecule has 0 bridgehead atoms. The maximum absolute atomic E-state index is 3.44. The molecule has 0 radical (unpaired) electrons. The van der Waals surface area contributed by atoms with Gasteiger partial charge in [0, 0.05) is 0 Å². The molecule has 2 aromatic rings. The zero-order chi connectivity index (χ0) is 21.1. The number of rotatable bonds is 5. The molecule has 0 saturated carbocycles. The Labute approximate surface area is 224 Å². The van der Waals surface area contributed by atoms with Crippen molar-refractivity contribution in [2.45, 2.75) is 86.5 Å². The van der Waals surface area contributed by atoms with Crippen molar-refractivity contribution in [3.05, 3.63) is 59.2 Å². The van der Waals surface area contributed by atoms with Gasteiger partial charge in [0.1, 0.15) is 0 Å². The van der Waals surface area contributed by atoms with E-state index in [4.69, 9.17) is 0 Å². The zero-order valence-corrected chi connectivity index (χ0v) is 26.7. The van der Waals surface area contributed by atoms with Gasteiger partial charge < -0.3 is 24.8 Å². The third-order valence-electron chi connectivity index (χ3n) is 6.59. The molecule has 0 fully saturated rings. The second kappa shape index (κ2) is 14.5. The third-order valence-corrected chi connectivity index (χ3v) is 10.1. The topological polar surface area (TPSA) is 0 Å². The van der Waals surface area contributed by atoms with Crippen molar-refractivity contribution < 1.29 is 50.7 Å². The van der Waals surface area contributed by atoms with E-state index < -0.39 is 0 Å². The van der Waals surface area contributed by atoms with Gasteiger partial charge in [0.15, 0.2) is 0 Å². The predicted molar refractivity (Wildman–Crippen MR) is 130 cm³/mol. The largest absolute Gasteiger partial charge is 4.00 e. The molecular formula is C27H39Cl2HfP. The molecule has 31 heavy (non-hydrogen) atoms. The predicted octanol–water partition coefficient (Wildman–Crippen LogP) is 2.38. The van der Waals surface area contributed by atoms with Crippen LogP contribution in [0.3, 0.4) is 0 Å². The Morgan fingerprint density at radius 1 is 0.968 bits per heavy atom. The normalized spacial score (nSPS) is 17.3. The van der Waals surface area contributed by atoms with Crippen molar-refractivity contribution in [3.63, 3.8) is 0 Å². The molecule has 4 heteroatoms. The summed E-state index contributed by atoms with van der Waals surface area (Å²) in [5.74, 6) is 0. The van der Waals surface area contributed by atoms with Crippen LogP contribution >= 0.6 is 7.92 Å². The van der Waals surface area contributed by atoms with Gasteiger partial charge in [-0.05, 0) is 24.2 Å². The fourth-order valence-corrected chi connectivity index (χ4v) is 7.28. The molecule has 0 aliphatic heterocycles. The van der Waals surface area contributed by atoms with Gasteiger partial charge in [0.2, 0.25) is 0 Å². The summed E-state index contributed by atoms with van der Waals surface area (Å²) in [6, 6.07) is 13.6. The van der Waals surface area contributed by atoms with Gasteiger partial charge in [-0.15, -0.1) is 47.3 Å². The molecule has 1 aliphatic rings. The van der Waals surface area contributed by atoms with Crippen LogP contribution in [0.15, 0.2) is 53.1 Å². The van der Waals surface area contributed by atoms with Gasteiger partial charge in [-0.2, -0.15) is 17.2 Å². The average molecular weight is 644 g/mol. The fraction of sp³-hybridized carbons (Fsp3) is 0.519. The summed E-state index contributed by atoms with van der Waals surface area (Å²) in [5.41, 5.74) is 6.05. The molecule has 2 atom stereocenters. The second-order valence-electron chi connectivity index (χ2n) is 8.89. The van der Waals surface area contributed by atoms with Crippen molar-refractivity contribution in [1.82, 2.24) is 0 Å². The maximum Gasteiger partial charge on any atom is 4.00 e. The van der Waals surface area contributed by atoms with E-state index in [0.717, 1.165) is 11.3 Å². The number of hydrogen-bond donors (Lipinski definition) is 0. The monoisotopic (exact) mass is 644 g/mol. The van der Waals surface area contributed by atoms with E-state index in [1.165, 1.54) is 40.3 Å². The minimum atomic E-state index is -0.0252. The van der Waals surface area contributed by atoms with E-state index in [2.05, 4.69) is 105 Å². The Morgan fingerprint density at radius 3 is 1.84 bits per heavy atom. The maximum atomic E-state index is 3.44. The van der Waals surface area contributed by atoms with E-state index in [0.29, 0.717) is 0 Å². The van der Waals surface area contributed by atoms with Crippen molar-refractivity contribution in [2.75, 3.05) is 0 Å². The summed E-state index contributed by atoms with van der Waals surface area (Å²) in [5, 5.41) is 4.42. The van der Waals surface area contributed by atoms with E-state index in [1.54, 1.807) is 5.30 Å². The molecule has 0 nitrogen and oxygen atoms in total. The van der Waals surface area contributed by atoms with Gasteiger partial charge in [-0.3, -0.25) is 6.08 Å². The summed E-state index contributed by atoms with van der Waals surface area (Å²) < 4.78 is 0. The standard InChI is InChI=1S/C17H24P.C10H15.2ClH.Hf/c1-5-13(3)18(14(4)6-2)17-11-15-9-7-8-10-16(15)12-17;1-7-6-10(4,5)9(3)8(7)2;;;/h7-14H,5-6H2,1-4H3;1-5H3;2*1H;/q2*-1;;;+4/p-2. The Balaban J connectivity index is 0. The summed E-state index contributed by atoms with van der Waals surface area (Å²) >= 11 is 0. The third kappa shape index (κ3) is 8.17. The van der Waals surface area contributed by atoms with Gasteiger partial charge in [0.25, 0.3) is 0 Å². The van der Waals surface area contributed by atoms with Crippen LogP contribution < -0.4 is 30.1 Å². The van der Waals surface area contributed by atoms with Crippen LogP contribution in [-0.2, 0) is 25.8 Å². The zero-order valence-electron chi connectivity index (χ0n) is 20.7. The number of hydrogen-bond acceptors (Lipinski definition) is 0. The molecule has 0 saturated heterocycles. The van der Waals surface area contributed by atoms with Crippen LogP contribution in [-0.4, -0.2) is 11.3 Å². The number of allylic oxidation sites excluding steroid dienone is 4. The first-order valence-corrected chi connectivity index (χ1v) is 12.3. The quantitative estimate of drug-likeness (QED) is 0.267. The van der Waals surface area contributed by atoms with Crippen molar-refractivity contribution in [1.29, 1.82) is 0 Å². The summed E-state index contributed by atoms with van der Waals surface area (Å²) in [4.78, 5) is 0. The Morgan fingerprint density at radius 2 is 1.48 bits per heavy atom. The van der Waals surface area contributed by atoms with E-state index in [-0.39, 0.29) is 64.0 Å². The Kier molecular flexibility index (Phi) is 15.6. The summed E-state index contributed by atoms with van der Waals surface area (Å²) in [7, 11) is -0.0252. The molecular weight excluding hydrogens is 605 g/mol. The summed E-state index contributed by atoms with van der Waals surface area (Å²) in [6.07, 6.45) is 6.01. The molecule has 0 heterocycles. The minimum absolute atomic E-state index is 0. The van der Waals surface area contributed by atoms with Crippen molar-refractivity contribution >= 4 is 24.0 Å². The molecule has 2 aromatic carbocycles. The molecule has 0 amide bonds. The van der Waals surface area contributed by atoms with Crippen LogP contribution in [0.5, 0.6) is 0 Å². The van der Waals surface area contributed by atoms with E-state index in [9.17, 15) is 0 Å². The summed E-state index contributed by atoms with van der Waals surface area (Å²) in [6.45, 7) is 20.4. The molecule has 2 unspecified atom stereocenters. The van der Waals surface area contributed by atoms with Crippen LogP contribution in [0.1, 0.15) is 75.2 Å². The van der Waals surface area contributed by atoms with Crippen molar-refractivity contribution in [3.8, 4) is 0 Å². The molecule has 0 N–H and O–H groups in total. The Hall–Kier alpha value is 0.190. The van der Waals surface area contributed by atoms with Crippen LogP contribution in [0.25, 0.3) is 10.8 Å².